The number of carbonyl (C=O) groups is 1. The number of halogens is 1. The Kier molecular flexibility index (Phi) is 4.38. The van der Waals surface area contributed by atoms with Crippen molar-refractivity contribution in [3.05, 3.63) is 51.8 Å². The van der Waals surface area contributed by atoms with Crippen molar-refractivity contribution in [2.75, 3.05) is 12.3 Å². The van der Waals surface area contributed by atoms with E-state index in [1.807, 2.05) is 29.2 Å². The van der Waals surface area contributed by atoms with Crippen LogP contribution in [0.25, 0.3) is 0 Å². The Balaban J connectivity index is 1.60. The molecule has 2 aromatic rings. The van der Waals surface area contributed by atoms with Gasteiger partial charge in [0.25, 0.3) is 0 Å². The van der Waals surface area contributed by atoms with Gasteiger partial charge in [-0.1, -0.05) is 28.1 Å². The van der Waals surface area contributed by atoms with Crippen LogP contribution in [0.5, 0.6) is 0 Å². The highest BCUT2D eigenvalue weighted by molar-refractivity contribution is 9.10. The maximum absolute atomic E-state index is 12.4. The molecule has 22 heavy (non-hydrogen) atoms. The van der Waals surface area contributed by atoms with Crippen LogP contribution in [0.1, 0.15) is 23.2 Å². The van der Waals surface area contributed by atoms with Crippen molar-refractivity contribution in [1.29, 1.82) is 0 Å². The molecule has 0 saturated heterocycles. The van der Waals surface area contributed by atoms with Gasteiger partial charge in [0, 0.05) is 23.6 Å². The van der Waals surface area contributed by atoms with Gasteiger partial charge >= 0.3 is 0 Å². The van der Waals surface area contributed by atoms with E-state index in [0.717, 1.165) is 35.1 Å². The molecule has 0 aliphatic carbocycles. The van der Waals surface area contributed by atoms with Crippen molar-refractivity contribution in [1.82, 2.24) is 14.9 Å². The molecule has 5 nitrogen and oxygen atoms in total. The number of benzene rings is 1. The maximum Gasteiger partial charge on any atom is 0.223 e. The van der Waals surface area contributed by atoms with Gasteiger partial charge in [-0.2, -0.15) is 0 Å². The fourth-order valence-corrected chi connectivity index (χ4v) is 2.86. The fraction of sp³-hybridized carbons (Fsp3) is 0.312. The van der Waals surface area contributed by atoms with Crippen molar-refractivity contribution >= 4 is 27.8 Å². The third-order valence-electron chi connectivity index (χ3n) is 3.86. The number of nitrogen functional groups attached to an aromatic ring is 1. The van der Waals surface area contributed by atoms with Gasteiger partial charge in [0.2, 0.25) is 11.9 Å². The Morgan fingerprint density at radius 1 is 1.32 bits per heavy atom. The topological polar surface area (TPSA) is 72.1 Å². The molecule has 0 atom stereocenters. The van der Waals surface area contributed by atoms with Crippen molar-refractivity contribution in [2.24, 2.45) is 0 Å². The quantitative estimate of drug-likeness (QED) is 0.911. The average molecular weight is 361 g/mol. The molecule has 0 spiro atoms. The number of nitrogens with zero attached hydrogens (tertiary/aromatic N) is 3. The Bertz CT molecular complexity index is 687. The second kappa shape index (κ2) is 6.44. The van der Waals surface area contributed by atoms with Crippen LogP contribution >= 0.6 is 15.9 Å². The molecule has 6 heteroatoms. The van der Waals surface area contributed by atoms with Crippen LogP contribution in [0.2, 0.25) is 0 Å². The number of rotatable bonds is 3. The van der Waals surface area contributed by atoms with Crippen molar-refractivity contribution in [3.63, 3.8) is 0 Å². The number of fused-ring (bicyclic) bond motifs is 1. The lowest BCUT2D eigenvalue weighted by molar-refractivity contribution is -0.132. The highest BCUT2D eigenvalue weighted by Crippen LogP contribution is 2.18. The lowest BCUT2D eigenvalue weighted by atomic mass is 10.1. The van der Waals surface area contributed by atoms with Crippen LogP contribution < -0.4 is 5.73 Å². The van der Waals surface area contributed by atoms with Crippen molar-refractivity contribution in [3.8, 4) is 0 Å². The van der Waals surface area contributed by atoms with E-state index in [0.29, 0.717) is 13.0 Å². The van der Waals surface area contributed by atoms with E-state index in [2.05, 4.69) is 25.9 Å². The van der Waals surface area contributed by atoms with Gasteiger partial charge in [0.15, 0.2) is 0 Å². The predicted molar refractivity (Wildman–Crippen MR) is 88.0 cm³/mol. The van der Waals surface area contributed by atoms with E-state index in [4.69, 9.17) is 5.73 Å². The minimum Gasteiger partial charge on any atom is -0.368 e. The second-order valence-corrected chi connectivity index (χ2v) is 6.31. The minimum atomic E-state index is 0.158. The third-order valence-corrected chi connectivity index (χ3v) is 4.39. The lowest BCUT2D eigenvalue weighted by Crippen LogP contribution is -2.36. The van der Waals surface area contributed by atoms with Crippen LogP contribution in [0, 0.1) is 0 Å². The van der Waals surface area contributed by atoms with Gasteiger partial charge < -0.3 is 10.6 Å². The number of hydrogen-bond donors (Lipinski definition) is 1. The minimum absolute atomic E-state index is 0.158. The summed E-state index contributed by atoms with van der Waals surface area (Å²) < 4.78 is 1.05. The van der Waals surface area contributed by atoms with Crippen molar-refractivity contribution < 1.29 is 4.79 Å². The second-order valence-electron chi connectivity index (χ2n) is 5.39. The SMILES string of the molecule is Nc1ncc2c(n1)CN(C(=O)CCc1ccc(Br)cc1)CC2. The molecule has 1 aliphatic rings. The molecule has 0 bridgehead atoms. The highest BCUT2D eigenvalue weighted by atomic mass is 79.9. The first kappa shape index (κ1) is 15.0. The van der Waals surface area contributed by atoms with Gasteiger partial charge in [0.05, 0.1) is 12.2 Å². The van der Waals surface area contributed by atoms with Crippen molar-refractivity contribution in [2.45, 2.75) is 25.8 Å². The Morgan fingerprint density at radius 2 is 2.09 bits per heavy atom. The average Bonchev–Trinajstić information content (AvgIpc) is 2.53. The predicted octanol–water partition coefficient (Wildman–Crippen LogP) is 2.34. The largest absolute Gasteiger partial charge is 0.368 e. The van der Waals surface area contributed by atoms with Gasteiger partial charge in [0.1, 0.15) is 0 Å². The maximum atomic E-state index is 12.4. The monoisotopic (exact) mass is 360 g/mol. The van der Waals surface area contributed by atoms with Crippen LogP contribution in [0.3, 0.4) is 0 Å². The first-order chi connectivity index (χ1) is 10.6. The first-order valence-corrected chi connectivity index (χ1v) is 8.03. The summed E-state index contributed by atoms with van der Waals surface area (Å²) in [7, 11) is 0. The number of amides is 1. The normalized spacial score (nSPS) is 13.8. The van der Waals surface area contributed by atoms with E-state index in [1.54, 1.807) is 6.20 Å². The summed E-state index contributed by atoms with van der Waals surface area (Å²) in [5, 5.41) is 0. The Labute approximate surface area is 137 Å². The number of carbonyl (C=O) groups excluding carboxylic acids is 1. The molecular weight excluding hydrogens is 344 g/mol. The van der Waals surface area contributed by atoms with Gasteiger partial charge in [-0.25, -0.2) is 9.97 Å². The fourth-order valence-electron chi connectivity index (χ4n) is 2.59. The number of nitrogens with two attached hydrogens (primary N) is 1. The van der Waals surface area contributed by atoms with Gasteiger partial charge in [-0.05, 0) is 36.1 Å². The summed E-state index contributed by atoms with van der Waals surface area (Å²) in [6.45, 7) is 1.25. The number of aryl methyl sites for hydroxylation is 1. The Morgan fingerprint density at radius 3 is 2.86 bits per heavy atom. The number of aromatic nitrogens is 2. The summed E-state index contributed by atoms with van der Waals surface area (Å²) in [4.78, 5) is 22.5. The first-order valence-electron chi connectivity index (χ1n) is 7.24. The highest BCUT2D eigenvalue weighted by Gasteiger charge is 2.21. The molecule has 114 valence electrons. The zero-order valence-electron chi connectivity index (χ0n) is 12.1. The van der Waals surface area contributed by atoms with Crippen LogP contribution in [-0.2, 0) is 24.2 Å². The summed E-state index contributed by atoms with van der Waals surface area (Å²) in [5.74, 6) is 0.425. The molecule has 2 heterocycles. The molecule has 2 N–H and O–H groups in total. The third kappa shape index (κ3) is 3.44. The summed E-state index contributed by atoms with van der Waals surface area (Å²) in [6.07, 6.45) is 3.82. The van der Waals surface area contributed by atoms with E-state index in [1.165, 1.54) is 5.56 Å². The number of hydrogen-bond acceptors (Lipinski definition) is 4. The smallest absolute Gasteiger partial charge is 0.223 e. The van der Waals surface area contributed by atoms with Crippen LogP contribution in [0.4, 0.5) is 5.95 Å². The van der Waals surface area contributed by atoms with E-state index < -0.39 is 0 Å². The van der Waals surface area contributed by atoms with Gasteiger partial charge in [-0.3, -0.25) is 4.79 Å². The zero-order valence-corrected chi connectivity index (χ0v) is 13.7. The molecule has 1 aliphatic heterocycles. The molecule has 1 aromatic heterocycles. The zero-order chi connectivity index (χ0) is 15.5. The molecule has 3 rings (SSSR count). The molecule has 1 aromatic carbocycles. The van der Waals surface area contributed by atoms with E-state index in [-0.39, 0.29) is 11.9 Å². The lowest BCUT2D eigenvalue weighted by Gasteiger charge is -2.28. The van der Waals surface area contributed by atoms with Crippen LogP contribution in [0.15, 0.2) is 34.9 Å². The molecule has 0 fully saturated rings. The van der Waals surface area contributed by atoms with E-state index >= 15 is 0 Å². The number of anilines is 1. The standard InChI is InChI=1S/C16H17BrN4O/c17-13-4-1-11(2-5-13)3-6-15(22)21-8-7-12-9-19-16(18)20-14(12)10-21/h1-2,4-5,9H,3,6-8,10H2,(H2,18,19,20). The summed E-state index contributed by atoms with van der Waals surface area (Å²) >= 11 is 3.41. The molecule has 1 amide bonds. The molecule has 0 radical (unpaired) electrons. The molecule has 0 saturated carbocycles. The summed E-state index contributed by atoms with van der Waals surface area (Å²) in [6, 6.07) is 8.07. The Hall–Kier alpha value is -1.95. The molecule has 0 unspecified atom stereocenters. The van der Waals surface area contributed by atoms with E-state index in [9.17, 15) is 4.79 Å². The molecular formula is C16H17BrN4O. The van der Waals surface area contributed by atoms with Crippen LogP contribution in [-0.4, -0.2) is 27.3 Å². The van der Waals surface area contributed by atoms with Gasteiger partial charge in [-0.15, -0.1) is 0 Å². The summed E-state index contributed by atoms with van der Waals surface area (Å²) in [5.41, 5.74) is 8.75.